The van der Waals surface area contributed by atoms with Crippen LogP contribution in [0.25, 0.3) is 80.7 Å². The number of amidine groups is 2. The van der Waals surface area contributed by atoms with Crippen molar-refractivity contribution in [2.45, 2.75) is 6.17 Å². The first-order chi connectivity index (χ1) is 28.2. The molecule has 6 heteroatoms. The highest BCUT2D eigenvalue weighted by atomic mass is 32.1. The molecule has 1 aliphatic rings. The van der Waals surface area contributed by atoms with Crippen molar-refractivity contribution in [3.05, 3.63) is 199 Å². The van der Waals surface area contributed by atoms with Crippen molar-refractivity contribution in [2.75, 3.05) is 0 Å². The molecule has 1 aliphatic heterocycles. The Morgan fingerprint density at radius 3 is 1.98 bits per heavy atom. The number of benzene rings is 8. The highest BCUT2D eigenvalue weighted by Gasteiger charge is 2.24. The summed E-state index contributed by atoms with van der Waals surface area (Å²) in [6.07, 6.45) is -0.292. The average Bonchev–Trinajstić information content (AvgIpc) is 3.96. The van der Waals surface area contributed by atoms with E-state index in [1.165, 1.54) is 53.2 Å². The van der Waals surface area contributed by atoms with Crippen LogP contribution in [0.3, 0.4) is 0 Å². The minimum atomic E-state index is -0.292. The molecule has 11 aromatic rings. The molecule has 0 aliphatic carbocycles. The predicted molar refractivity (Wildman–Crippen MR) is 238 cm³/mol. The van der Waals surface area contributed by atoms with Crippen LogP contribution in [0.5, 0.6) is 0 Å². The lowest BCUT2D eigenvalue weighted by Crippen LogP contribution is -2.33. The zero-order chi connectivity index (χ0) is 37.5. The van der Waals surface area contributed by atoms with Crippen molar-refractivity contribution in [1.82, 2.24) is 9.88 Å². The third-order valence-electron chi connectivity index (χ3n) is 11.3. The SMILES string of the molecule is c1ccc(C2=NC(c3cccc4c3oc3cc(-c5cccc6c5sc5cc(-n7c8ccccc8c8ccccc87)ccc56)ccc34)=NC(c3ccccc3)N2)cc1. The number of nitrogens with zero attached hydrogens (tertiary/aromatic N) is 3. The summed E-state index contributed by atoms with van der Waals surface area (Å²) in [6.45, 7) is 0. The maximum absolute atomic E-state index is 6.81. The van der Waals surface area contributed by atoms with Gasteiger partial charge in [-0.1, -0.05) is 140 Å². The molecular weight excluding hydrogens is 717 g/mol. The van der Waals surface area contributed by atoms with Gasteiger partial charge in [-0.3, -0.25) is 0 Å². The summed E-state index contributed by atoms with van der Waals surface area (Å²) in [5.74, 6) is 1.42. The quantitative estimate of drug-likeness (QED) is 0.191. The number of nitrogens with one attached hydrogen (secondary N) is 1. The van der Waals surface area contributed by atoms with Gasteiger partial charge in [0.05, 0.1) is 16.6 Å². The molecule has 5 nitrogen and oxygen atoms in total. The molecular formula is C51H32N4OS. The van der Waals surface area contributed by atoms with Crippen LogP contribution in [0, 0.1) is 0 Å². The monoisotopic (exact) mass is 748 g/mol. The fraction of sp³-hybridized carbons (Fsp3) is 0.0196. The van der Waals surface area contributed by atoms with E-state index in [0.29, 0.717) is 5.84 Å². The van der Waals surface area contributed by atoms with Gasteiger partial charge in [-0.2, -0.15) is 0 Å². The number of aromatic nitrogens is 1. The van der Waals surface area contributed by atoms with Gasteiger partial charge in [-0.15, -0.1) is 11.3 Å². The summed E-state index contributed by atoms with van der Waals surface area (Å²) < 4.78 is 11.7. The van der Waals surface area contributed by atoms with E-state index in [1.807, 2.05) is 47.7 Å². The van der Waals surface area contributed by atoms with Gasteiger partial charge in [-0.05, 0) is 59.2 Å². The Morgan fingerprint density at radius 1 is 0.526 bits per heavy atom. The van der Waals surface area contributed by atoms with E-state index >= 15 is 0 Å². The summed E-state index contributed by atoms with van der Waals surface area (Å²) in [7, 11) is 0. The second-order valence-corrected chi connectivity index (χ2v) is 15.6. The number of thiophene rings is 1. The highest BCUT2D eigenvalue weighted by molar-refractivity contribution is 7.26. The molecule has 12 rings (SSSR count). The first-order valence-corrected chi connectivity index (χ1v) is 20.0. The Balaban J connectivity index is 0.976. The van der Waals surface area contributed by atoms with Crippen molar-refractivity contribution in [2.24, 2.45) is 9.98 Å². The molecule has 0 amide bonds. The number of hydrogen-bond donors (Lipinski definition) is 1. The standard InChI is InChI=1S/C51H32N4OS/c1-3-13-31(14-4-1)49-52-50(32-15-5-2-6-16-32)54-51(53-49)42-22-12-20-40-38-27-25-33(29-45(38)56-47(40)42)35-19-11-21-41-39-28-26-34(30-46(39)57-48(35)41)55-43-23-9-7-17-36(43)37-18-8-10-24-44(37)55/h1-30,49H,(H,52,53,54). The molecule has 1 unspecified atom stereocenters. The topological polar surface area (TPSA) is 54.8 Å². The van der Waals surface area contributed by atoms with E-state index in [0.717, 1.165) is 50.0 Å². The minimum absolute atomic E-state index is 0.292. The van der Waals surface area contributed by atoms with Crippen molar-refractivity contribution in [1.29, 1.82) is 0 Å². The van der Waals surface area contributed by atoms with E-state index < -0.39 is 0 Å². The van der Waals surface area contributed by atoms with Crippen LogP contribution in [0.15, 0.2) is 196 Å². The molecule has 0 spiro atoms. The van der Waals surface area contributed by atoms with E-state index in [9.17, 15) is 0 Å². The van der Waals surface area contributed by atoms with Crippen LogP contribution in [0.2, 0.25) is 0 Å². The molecule has 8 aromatic carbocycles. The number of hydrogen-bond acceptors (Lipinski definition) is 5. The second-order valence-electron chi connectivity index (χ2n) is 14.6. The Bertz CT molecular complexity index is 3390. The number of fused-ring (bicyclic) bond motifs is 9. The zero-order valence-corrected chi connectivity index (χ0v) is 31.4. The molecule has 0 saturated carbocycles. The van der Waals surface area contributed by atoms with Gasteiger partial charge in [0.15, 0.2) is 5.84 Å². The van der Waals surface area contributed by atoms with Crippen LogP contribution in [0.4, 0.5) is 0 Å². The Morgan fingerprint density at radius 2 is 1.19 bits per heavy atom. The van der Waals surface area contributed by atoms with Gasteiger partial charge < -0.3 is 14.3 Å². The maximum Gasteiger partial charge on any atom is 0.163 e. The van der Waals surface area contributed by atoms with E-state index in [4.69, 9.17) is 14.4 Å². The van der Waals surface area contributed by atoms with Crippen molar-refractivity contribution in [3.63, 3.8) is 0 Å². The maximum atomic E-state index is 6.81. The first-order valence-electron chi connectivity index (χ1n) is 19.2. The fourth-order valence-electron chi connectivity index (χ4n) is 8.61. The van der Waals surface area contributed by atoms with Crippen LogP contribution < -0.4 is 5.32 Å². The van der Waals surface area contributed by atoms with Gasteiger partial charge >= 0.3 is 0 Å². The molecule has 0 saturated heterocycles. The average molecular weight is 749 g/mol. The van der Waals surface area contributed by atoms with Crippen LogP contribution >= 0.6 is 11.3 Å². The van der Waals surface area contributed by atoms with Crippen LogP contribution in [0.1, 0.15) is 22.9 Å². The second kappa shape index (κ2) is 12.6. The fourth-order valence-corrected chi connectivity index (χ4v) is 9.89. The molecule has 0 fully saturated rings. The Labute approximate surface area is 331 Å². The summed E-state index contributed by atoms with van der Waals surface area (Å²) >= 11 is 1.85. The summed E-state index contributed by atoms with van der Waals surface area (Å²) in [5, 5.41) is 10.7. The van der Waals surface area contributed by atoms with Crippen LogP contribution in [-0.2, 0) is 0 Å². The van der Waals surface area contributed by atoms with Gasteiger partial charge in [0, 0.05) is 53.0 Å². The number of aliphatic imine (C=N–C) groups is 2. The first kappa shape index (κ1) is 32.0. The molecule has 1 atom stereocenters. The molecule has 4 heterocycles. The van der Waals surface area contributed by atoms with Crippen molar-refractivity contribution < 1.29 is 4.42 Å². The van der Waals surface area contributed by atoms with E-state index in [2.05, 4.69) is 155 Å². The molecule has 0 radical (unpaired) electrons. The minimum Gasteiger partial charge on any atom is -0.455 e. The lowest BCUT2D eigenvalue weighted by Gasteiger charge is -2.23. The predicted octanol–water partition coefficient (Wildman–Crippen LogP) is 13.2. The zero-order valence-electron chi connectivity index (χ0n) is 30.6. The number of rotatable bonds is 5. The third kappa shape index (κ3) is 5.08. The lowest BCUT2D eigenvalue weighted by atomic mass is 10.0. The van der Waals surface area contributed by atoms with Gasteiger partial charge in [-0.25, -0.2) is 9.98 Å². The molecule has 1 N–H and O–H groups in total. The van der Waals surface area contributed by atoms with Crippen LogP contribution in [-0.4, -0.2) is 16.2 Å². The van der Waals surface area contributed by atoms with E-state index in [-0.39, 0.29) is 6.17 Å². The number of para-hydroxylation sites is 3. The molecule has 57 heavy (non-hydrogen) atoms. The van der Waals surface area contributed by atoms with Gasteiger partial charge in [0.25, 0.3) is 0 Å². The highest BCUT2D eigenvalue weighted by Crippen LogP contribution is 2.43. The molecule has 3 aromatic heterocycles. The van der Waals surface area contributed by atoms with Gasteiger partial charge in [0.2, 0.25) is 0 Å². The smallest absolute Gasteiger partial charge is 0.163 e. The largest absolute Gasteiger partial charge is 0.455 e. The summed E-state index contributed by atoms with van der Waals surface area (Å²) in [5.41, 5.74) is 10.5. The van der Waals surface area contributed by atoms with Gasteiger partial charge in [0.1, 0.15) is 23.2 Å². The molecule has 268 valence electrons. The summed E-state index contributed by atoms with van der Waals surface area (Å²) in [4.78, 5) is 10.2. The Kier molecular flexibility index (Phi) is 7.09. The van der Waals surface area contributed by atoms with E-state index in [1.54, 1.807) is 0 Å². The summed E-state index contributed by atoms with van der Waals surface area (Å²) in [6, 6.07) is 64.3. The third-order valence-corrected chi connectivity index (χ3v) is 12.5. The normalized spacial score (nSPS) is 14.5. The Hall–Kier alpha value is -7.28. The van der Waals surface area contributed by atoms with Crippen molar-refractivity contribution in [3.8, 4) is 16.8 Å². The number of furan rings is 1. The molecule has 0 bridgehead atoms. The van der Waals surface area contributed by atoms with Crippen molar-refractivity contribution >= 4 is 86.9 Å². The lowest BCUT2D eigenvalue weighted by molar-refractivity contribution is 0.663.